The first-order valence-corrected chi connectivity index (χ1v) is 8.44. The van der Waals surface area contributed by atoms with Crippen LogP contribution in [0.3, 0.4) is 0 Å². The lowest BCUT2D eigenvalue weighted by atomic mass is 9.90. The lowest BCUT2D eigenvalue weighted by Crippen LogP contribution is -2.34. The Morgan fingerprint density at radius 2 is 2.07 bits per heavy atom. The Morgan fingerprint density at radius 1 is 1.33 bits per heavy atom. The van der Waals surface area contributed by atoms with Gasteiger partial charge in [-0.2, -0.15) is 0 Å². The minimum atomic E-state index is -0.838. The third-order valence-corrected chi connectivity index (χ3v) is 4.59. The molecule has 140 valence electrons. The average Bonchev–Trinajstić information content (AvgIpc) is 2.61. The first kappa shape index (κ1) is 18.3. The number of hydrogen-bond acceptors (Lipinski definition) is 5. The Balaban J connectivity index is 1.83. The van der Waals surface area contributed by atoms with E-state index in [4.69, 9.17) is 5.73 Å². The van der Waals surface area contributed by atoms with E-state index in [-0.39, 0.29) is 23.6 Å². The summed E-state index contributed by atoms with van der Waals surface area (Å²) in [6.07, 6.45) is 1.85. The maximum absolute atomic E-state index is 12.5. The second kappa shape index (κ2) is 7.40. The van der Waals surface area contributed by atoms with Gasteiger partial charge in [-0.1, -0.05) is 18.2 Å². The number of fused-ring (bicyclic) bond motifs is 1. The molecule has 0 radical (unpaired) electrons. The number of carbonyl (C=O) groups is 2. The number of hydrogen-bond donors (Lipinski definition) is 3. The molecule has 0 aliphatic heterocycles. The molecule has 1 unspecified atom stereocenters. The monoisotopic (exact) mass is 370 g/mol. The van der Waals surface area contributed by atoms with Gasteiger partial charge in [0.15, 0.2) is 0 Å². The summed E-state index contributed by atoms with van der Waals surface area (Å²) in [6.45, 7) is 0. The van der Waals surface area contributed by atoms with Gasteiger partial charge in [0.05, 0.1) is 17.4 Å². The minimum Gasteiger partial charge on any atom is -0.365 e. The Labute approximate surface area is 153 Å². The van der Waals surface area contributed by atoms with Crippen LogP contribution in [0.15, 0.2) is 35.1 Å². The van der Waals surface area contributed by atoms with Gasteiger partial charge in [-0.3, -0.25) is 24.5 Å². The molecule has 2 aromatic rings. The highest BCUT2D eigenvalue weighted by Gasteiger charge is 2.25. The predicted octanol–water partition coefficient (Wildman–Crippen LogP) is 1.12. The van der Waals surface area contributed by atoms with E-state index in [0.717, 1.165) is 6.42 Å². The van der Waals surface area contributed by atoms with Gasteiger partial charge in [0.2, 0.25) is 5.91 Å². The number of aromatic nitrogens is 1. The SMILES string of the molecule is NC(=O)c1cc2c([nH]c1=O)CCCC2NC(=O)Cc1ccccc1[N+](=O)[O-]. The molecule has 1 aromatic carbocycles. The van der Waals surface area contributed by atoms with Gasteiger partial charge in [-0.05, 0) is 30.9 Å². The van der Waals surface area contributed by atoms with Crippen LogP contribution in [-0.4, -0.2) is 21.7 Å². The number of nitrogens with one attached hydrogen (secondary N) is 2. The number of aryl methyl sites for hydroxylation is 1. The molecule has 3 rings (SSSR count). The van der Waals surface area contributed by atoms with E-state index in [2.05, 4.69) is 10.3 Å². The van der Waals surface area contributed by atoms with E-state index >= 15 is 0 Å². The largest absolute Gasteiger partial charge is 0.365 e. The number of nitrogens with two attached hydrogens (primary N) is 1. The molecule has 1 heterocycles. The summed E-state index contributed by atoms with van der Waals surface area (Å²) in [6, 6.07) is 7.08. The summed E-state index contributed by atoms with van der Waals surface area (Å²) in [5, 5.41) is 13.9. The Bertz CT molecular complexity index is 982. The zero-order valence-corrected chi connectivity index (χ0v) is 14.4. The van der Waals surface area contributed by atoms with Crippen molar-refractivity contribution in [2.45, 2.75) is 31.7 Å². The topological polar surface area (TPSA) is 148 Å². The number of nitro benzene ring substituents is 1. The third-order valence-electron chi connectivity index (χ3n) is 4.59. The van der Waals surface area contributed by atoms with Crippen molar-refractivity contribution in [3.63, 3.8) is 0 Å². The number of nitrogens with zero attached hydrogens (tertiary/aromatic N) is 1. The zero-order chi connectivity index (χ0) is 19.6. The van der Waals surface area contributed by atoms with E-state index < -0.39 is 22.4 Å². The number of benzene rings is 1. The van der Waals surface area contributed by atoms with Crippen LogP contribution in [0.2, 0.25) is 0 Å². The summed E-state index contributed by atoms with van der Waals surface area (Å²) in [5.41, 5.74) is 6.03. The molecular weight excluding hydrogens is 352 g/mol. The highest BCUT2D eigenvalue weighted by atomic mass is 16.6. The minimum absolute atomic E-state index is 0.114. The lowest BCUT2D eigenvalue weighted by molar-refractivity contribution is -0.385. The molecule has 0 fully saturated rings. The number of amides is 2. The van der Waals surface area contributed by atoms with Crippen LogP contribution in [-0.2, 0) is 17.6 Å². The molecule has 0 saturated heterocycles. The van der Waals surface area contributed by atoms with Crippen molar-refractivity contribution >= 4 is 17.5 Å². The van der Waals surface area contributed by atoms with Crippen LogP contribution in [0, 0.1) is 10.1 Å². The number of primary amides is 1. The fourth-order valence-corrected chi connectivity index (χ4v) is 3.33. The maximum atomic E-state index is 12.5. The van der Waals surface area contributed by atoms with Crippen molar-refractivity contribution in [3.05, 3.63) is 73.2 Å². The van der Waals surface area contributed by atoms with Crippen molar-refractivity contribution < 1.29 is 14.5 Å². The molecule has 0 saturated carbocycles. The van der Waals surface area contributed by atoms with E-state index in [1.807, 2.05) is 0 Å². The molecule has 9 heteroatoms. The van der Waals surface area contributed by atoms with Crippen LogP contribution in [0.1, 0.15) is 46.1 Å². The molecule has 1 aliphatic rings. The smallest absolute Gasteiger partial charge is 0.273 e. The Hall–Kier alpha value is -3.49. The fourth-order valence-electron chi connectivity index (χ4n) is 3.33. The molecule has 0 bridgehead atoms. The average molecular weight is 370 g/mol. The number of para-hydroxylation sites is 1. The Kier molecular flexibility index (Phi) is 5.02. The molecule has 1 aliphatic carbocycles. The maximum Gasteiger partial charge on any atom is 0.273 e. The van der Waals surface area contributed by atoms with Gasteiger partial charge in [0, 0.05) is 17.3 Å². The second-order valence-corrected chi connectivity index (χ2v) is 6.39. The van der Waals surface area contributed by atoms with Gasteiger partial charge in [0.25, 0.3) is 17.2 Å². The number of nitro groups is 1. The first-order valence-electron chi connectivity index (χ1n) is 8.44. The van der Waals surface area contributed by atoms with Crippen LogP contribution in [0.4, 0.5) is 5.69 Å². The van der Waals surface area contributed by atoms with Gasteiger partial charge >= 0.3 is 0 Å². The number of aromatic amines is 1. The van der Waals surface area contributed by atoms with Crippen molar-refractivity contribution in [2.75, 3.05) is 0 Å². The standard InChI is InChI=1S/C18H18N4O5/c19-17(24)12-9-11-13(5-3-6-14(11)21-18(12)25)20-16(23)8-10-4-1-2-7-15(10)22(26)27/h1-2,4,7,9,13H,3,5-6,8H2,(H2,19,24)(H,20,23)(H,21,25). The molecule has 2 amide bonds. The first-order chi connectivity index (χ1) is 12.9. The third kappa shape index (κ3) is 3.86. The van der Waals surface area contributed by atoms with Crippen molar-refractivity contribution in [1.82, 2.24) is 10.3 Å². The predicted molar refractivity (Wildman–Crippen MR) is 96.2 cm³/mol. The summed E-state index contributed by atoms with van der Waals surface area (Å²) < 4.78 is 0. The molecule has 4 N–H and O–H groups in total. The molecule has 27 heavy (non-hydrogen) atoms. The molecule has 1 atom stereocenters. The summed E-state index contributed by atoms with van der Waals surface area (Å²) in [5.74, 6) is -1.22. The Morgan fingerprint density at radius 3 is 2.78 bits per heavy atom. The summed E-state index contributed by atoms with van der Waals surface area (Å²) >= 11 is 0. The van der Waals surface area contributed by atoms with Crippen LogP contribution >= 0.6 is 0 Å². The molecule has 9 nitrogen and oxygen atoms in total. The van der Waals surface area contributed by atoms with Gasteiger partial charge in [0.1, 0.15) is 5.56 Å². The number of carbonyl (C=O) groups excluding carboxylic acids is 2. The van der Waals surface area contributed by atoms with Gasteiger partial charge in [-0.15, -0.1) is 0 Å². The highest BCUT2D eigenvalue weighted by Crippen LogP contribution is 2.28. The van der Waals surface area contributed by atoms with Gasteiger partial charge < -0.3 is 16.0 Å². The quantitative estimate of drug-likeness (QED) is 0.533. The molecule has 0 spiro atoms. The van der Waals surface area contributed by atoms with Crippen molar-refractivity contribution in [3.8, 4) is 0 Å². The number of pyridine rings is 1. The fraction of sp³-hybridized carbons (Fsp3) is 0.278. The van der Waals surface area contributed by atoms with E-state index in [9.17, 15) is 24.5 Å². The normalized spacial score (nSPS) is 15.6. The highest BCUT2D eigenvalue weighted by molar-refractivity contribution is 5.92. The van der Waals surface area contributed by atoms with E-state index in [1.165, 1.54) is 18.2 Å². The van der Waals surface area contributed by atoms with Gasteiger partial charge in [-0.25, -0.2) is 0 Å². The summed E-state index contributed by atoms with van der Waals surface area (Å²) in [7, 11) is 0. The van der Waals surface area contributed by atoms with Crippen LogP contribution in [0.5, 0.6) is 0 Å². The van der Waals surface area contributed by atoms with Crippen LogP contribution in [0.25, 0.3) is 0 Å². The van der Waals surface area contributed by atoms with E-state index in [1.54, 1.807) is 12.1 Å². The lowest BCUT2D eigenvalue weighted by Gasteiger charge is -2.26. The number of H-pyrrole nitrogens is 1. The second-order valence-electron chi connectivity index (χ2n) is 6.39. The van der Waals surface area contributed by atoms with Crippen molar-refractivity contribution in [1.29, 1.82) is 0 Å². The van der Waals surface area contributed by atoms with Crippen molar-refractivity contribution in [2.24, 2.45) is 5.73 Å². The molecular formula is C18H18N4O5. The zero-order valence-electron chi connectivity index (χ0n) is 14.4. The van der Waals surface area contributed by atoms with Crippen LogP contribution < -0.4 is 16.6 Å². The summed E-state index contributed by atoms with van der Waals surface area (Å²) in [4.78, 5) is 49.0. The van der Waals surface area contributed by atoms with E-state index in [0.29, 0.717) is 29.7 Å². The number of rotatable bonds is 5. The molecule has 1 aromatic heterocycles.